The third-order valence-corrected chi connectivity index (χ3v) is 2.12. The first kappa shape index (κ1) is 11.6. The fourth-order valence-corrected chi connectivity index (χ4v) is 1.31. The van der Waals surface area contributed by atoms with Crippen LogP contribution >= 0.6 is 0 Å². The minimum Gasteiger partial charge on any atom is -0.232 e. The minimum absolute atomic E-state index is 0.116. The molecule has 0 aromatic heterocycles. The lowest BCUT2D eigenvalue weighted by molar-refractivity contribution is -0.379. The van der Waals surface area contributed by atoms with Crippen molar-refractivity contribution >= 4 is 0 Å². The van der Waals surface area contributed by atoms with Gasteiger partial charge in [0.25, 0.3) is 0 Å². The van der Waals surface area contributed by atoms with E-state index in [9.17, 15) is 0 Å². The molecule has 0 fully saturated rings. The molecule has 0 bridgehead atoms. The Morgan fingerprint density at radius 3 is 2.36 bits per heavy atom. The molecule has 0 aromatic carbocycles. The molecular formula is C12H20O2. The van der Waals surface area contributed by atoms with Gasteiger partial charge in [0, 0.05) is 11.8 Å². The normalized spacial score (nSPS) is 32.2. The minimum atomic E-state index is -0.242. The lowest BCUT2D eigenvalue weighted by Crippen LogP contribution is -2.30. The monoisotopic (exact) mass is 196 g/mol. The van der Waals surface area contributed by atoms with Crippen LogP contribution in [0.5, 0.6) is 0 Å². The summed E-state index contributed by atoms with van der Waals surface area (Å²) in [6, 6.07) is 0. The van der Waals surface area contributed by atoms with Crippen molar-refractivity contribution in [3.63, 3.8) is 0 Å². The molecule has 3 atom stereocenters. The Kier molecular flexibility index (Phi) is 3.58. The summed E-state index contributed by atoms with van der Waals surface area (Å²) in [5.41, 5.74) is -0.242. The molecule has 2 heteroatoms. The highest BCUT2D eigenvalue weighted by molar-refractivity contribution is 5.12. The van der Waals surface area contributed by atoms with E-state index in [1.807, 2.05) is 20.8 Å². The highest BCUT2D eigenvalue weighted by atomic mass is 17.2. The highest BCUT2D eigenvalue weighted by Gasteiger charge is 2.25. The second-order valence-electron chi connectivity index (χ2n) is 5.04. The molecule has 1 rings (SSSR count). The van der Waals surface area contributed by atoms with Crippen LogP contribution in [0.1, 0.15) is 41.0 Å². The first-order valence-electron chi connectivity index (χ1n) is 5.24. The maximum Gasteiger partial charge on any atom is 0.108 e. The molecule has 2 nitrogen and oxygen atoms in total. The summed E-state index contributed by atoms with van der Waals surface area (Å²) in [5, 5.41) is 0. The van der Waals surface area contributed by atoms with Crippen molar-refractivity contribution in [2.24, 2.45) is 11.8 Å². The first-order chi connectivity index (χ1) is 6.38. The summed E-state index contributed by atoms with van der Waals surface area (Å²) >= 11 is 0. The third kappa shape index (κ3) is 3.69. The van der Waals surface area contributed by atoms with Crippen LogP contribution in [0.2, 0.25) is 0 Å². The second-order valence-corrected chi connectivity index (χ2v) is 5.04. The predicted octanol–water partition coefficient (Wildman–Crippen LogP) is 2.78. The van der Waals surface area contributed by atoms with Crippen LogP contribution in [0.4, 0.5) is 0 Å². The molecule has 0 saturated carbocycles. The van der Waals surface area contributed by atoms with E-state index >= 15 is 0 Å². The van der Waals surface area contributed by atoms with Gasteiger partial charge in [0.05, 0.1) is 5.60 Å². The molecule has 0 aliphatic heterocycles. The van der Waals surface area contributed by atoms with Crippen LogP contribution in [-0.4, -0.2) is 11.7 Å². The molecule has 14 heavy (non-hydrogen) atoms. The van der Waals surface area contributed by atoms with Crippen molar-refractivity contribution < 1.29 is 9.78 Å². The molecule has 1 aliphatic rings. The molecule has 0 aromatic rings. The van der Waals surface area contributed by atoms with Crippen LogP contribution in [0.25, 0.3) is 0 Å². The van der Waals surface area contributed by atoms with Crippen molar-refractivity contribution in [2.75, 3.05) is 0 Å². The molecule has 1 aliphatic carbocycles. The van der Waals surface area contributed by atoms with Gasteiger partial charge in [-0.15, -0.1) is 0 Å². The Bertz CT molecular complexity index is 241. The van der Waals surface area contributed by atoms with Crippen LogP contribution in [0.15, 0.2) is 0 Å². The topological polar surface area (TPSA) is 18.5 Å². The smallest absolute Gasteiger partial charge is 0.108 e. The van der Waals surface area contributed by atoms with Crippen molar-refractivity contribution in [1.82, 2.24) is 0 Å². The summed E-state index contributed by atoms with van der Waals surface area (Å²) in [6.45, 7) is 10.1. The third-order valence-electron chi connectivity index (χ3n) is 2.12. The van der Waals surface area contributed by atoms with Gasteiger partial charge in [-0.2, -0.15) is 0 Å². The molecule has 0 heterocycles. The van der Waals surface area contributed by atoms with Gasteiger partial charge in [0.1, 0.15) is 6.10 Å². The van der Waals surface area contributed by atoms with Gasteiger partial charge < -0.3 is 0 Å². The van der Waals surface area contributed by atoms with E-state index in [1.54, 1.807) is 0 Å². The molecular weight excluding hydrogens is 176 g/mol. The SMILES string of the molecule is CC1C#CC(C)C(OOC(C)(C)C)C1. The van der Waals surface area contributed by atoms with E-state index in [2.05, 4.69) is 25.7 Å². The van der Waals surface area contributed by atoms with Crippen LogP contribution in [-0.2, 0) is 9.78 Å². The summed E-state index contributed by atoms with van der Waals surface area (Å²) in [5.74, 6) is 7.02. The fraction of sp³-hybridized carbons (Fsp3) is 0.833. The quantitative estimate of drug-likeness (QED) is 0.384. The Morgan fingerprint density at radius 2 is 1.79 bits per heavy atom. The molecule has 3 unspecified atom stereocenters. The van der Waals surface area contributed by atoms with Gasteiger partial charge in [-0.05, 0) is 34.1 Å². The van der Waals surface area contributed by atoms with E-state index in [0.29, 0.717) is 5.92 Å². The summed E-state index contributed by atoms with van der Waals surface area (Å²) in [7, 11) is 0. The van der Waals surface area contributed by atoms with Gasteiger partial charge in [-0.3, -0.25) is 0 Å². The largest absolute Gasteiger partial charge is 0.232 e. The highest BCUT2D eigenvalue weighted by Crippen LogP contribution is 2.22. The summed E-state index contributed by atoms with van der Waals surface area (Å²) < 4.78 is 0. The molecule has 0 N–H and O–H groups in total. The Balaban J connectivity index is 2.43. The zero-order valence-electron chi connectivity index (χ0n) is 9.76. The Labute approximate surface area is 86.9 Å². The van der Waals surface area contributed by atoms with Crippen molar-refractivity contribution in [2.45, 2.75) is 52.7 Å². The Hall–Kier alpha value is -0.520. The van der Waals surface area contributed by atoms with Crippen molar-refractivity contribution in [1.29, 1.82) is 0 Å². The molecule has 0 radical (unpaired) electrons. The van der Waals surface area contributed by atoms with Crippen molar-refractivity contribution in [3.8, 4) is 11.8 Å². The van der Waals surface area contributed by atoms with E-state index < -0.39 is 0 Å². The molecule has 0 saturated heterocycles. The first-order valence-corrected chi connectivity index (χ1v) is 5.24. The van der Waals surface area contributed by atoms with E-state index in [0.717, 1.165) is 6.42 Å². The number of hydrogen-bond acceptors (Lipinski definition) is 2. The van der Waals surface area contributed by atoms with E-state index in [4.69, 9.17) is 9.78 Å². The lowest BCUT2D eigenvalue weighted by atomic mass is 9.90. The zero-order valence-corrected chi connectivity index (χ0v) is 9.76. The summed E-state index contributed by atoms with van der Waals surface area (Å²) in [4.78, 5) is 10.7. The van der Waals surface area contributed by atoms with Gasteiger partial charge >= 0.3 is 0 Å². The van der Waals surface area contributed by atoms with E-state index in [-0.39, 0.29) is 17.6 Å². The number of rotatable bonds is 2. The zero-order chi connectivity index (χ0) is 10.8. The van der Waals surface area contributed by atoms with Crippen LogP contribution in [0, 0.1) is 23.7 Å². The van der Waals surface area contributed by atoms with Crippen LogP contribution < -0.4 is 0 Å². The molecule has 80 valence electrons. The van der Waals surface area contributed by atoms with E-state index in [1.165, 1.54) is 0 Å². The van der Waals surface area contributed by atoms with Gasteiger partial charge in [0.15, 0.2) is 0 Å². The maximum atomic E-state index is 5.43. The average molecular weight is 196 g/mol. The van der Waals surface area contributed by atoms with Gasteiger partial charge in [-0.1, -0.05) is 18.8 Å². The van der Waals surface area contributed by atoms with Gasteiger partial charge in [0.2, 0.25) is 0 Å². The van der Waals surface area contributed by atoms with Crippen molar-refractivity contribution in [3.05, 3.63) is 0 Å². The lowest BCUT2D eigenvalue weighted by Gasteiger charge is -2.27. The maximum absolute atomic E-state index is 5.43. The molecule has 0 amide bonds. The fourth-order valence-electron chi connectivity index (χ4n) is 1.31. The number of hydrogen-bond donors (Lipinski definition) is 0. The summed E-state index contributed by atoms with van der Waals surface area (Å²) in [6.07, 6.45) is 1.08. The van der Waals surface area contributed by atoms with Crippen LogP contribution in [0.3, 0.4) is 0 Å². The Morgan fingerprint density at radius 1 is 1.14 bits per heavy atom. The predicted molar refractivity (Wildman–Crippen MR) is 56.4 cm³/mol. The standard InChI is InChI=1S/C12H20O2/c1-9-6-7-10(2)11(8-9)13-14-12(3,4)5/h9-11H,8H2,1-5H3. The average Bonchev–Trinajstić information content (AvgIpc) is 2.05. The second kappa shape index (κ2) is 4.33. The molecule has 0 spiro atoms. The van der Waals surface area contributed by atoms with Gasteiger partial charge in [-0.25, -0.2) is 9.78 Å².